The number of carbonyl (C=O) groups excluding carboxylic acids is 1. The normalized spacial score (nSPS) is 25.6. The van der Waals surface area contributed by atoms with Crippen LogP contribution in [0.2, 0.25) is 0 Å². The molecule has 3 rings (SSSR count). The molecule has 0 radical (unpaired) electrons. The molecule has 2 heterocycles. The number of carbonyl (C=O) groups is 1. The molecule has 1 unspecified atom stereocenters. The summed E-state index contributed by atoms with van der Waals surface area (Å²) in [6.07, 6.45) is 8.67. The van der Waals surface area contributed by atoms with E-state index in [-0.39, 0.29) is 23.2 Å². The smallest absolute Gasteiger partial charge is 0.257 e. The zero-order valence-electron chi connectivity index (χ0n) is 11.9. The number of allylic oxidation sites excluding steroid dienone is 4. The van der Waals surface area contributed by atoms with Crippen LogP contribution in [-0.2, 0) is 14.8 Å². The molecule has 0 aromatic carbocycles. The van der Waals surface area contributed by atoms with Crippen LogP contribution in [0.15, 0.2) is 39.8 Å². The minimum absolute atomic E-state index is 0. The van der Waals surface area contributed by atoms with Crippen molar-refractivity contribution in [1.29, 1.82) is 0 Å². The first-order chi connectivity index (χ1) is 10.1. The van der Waals surface area contributed by atoms with E-state index in [0.717, 1.165) is 13.0 Å². The van der Waals surface area contributed by atoms with Crippen LogP contribution in [0.5, 0.6) is 0 Å². The van der Waals surface area contributed by atoms with Gasteiger partial charge in [-0.05, 0) is 30.7 Å². The van der Waals surface area contributed by atoms with Gasteiger partial charge in [-0.2, -0.15) is 4.31 Å². The van der Waals surface area contributed by atoms with Crippen LogP contribution in [0.3, 0.4) is 0 Å². The van der Waals surface area contributed by atoms with E-state index in [1.54, 1.807) is 24.3 Å². The maximum atomic E-state index is 12.9. The lowest BCUT2D eigenvalue weighted by atomic mass is 9.92. The van der Waals surface area contributed by atoms with Crippen molar-refractivity contribution in [2.24, 2.45) is 10.9 Å². The number of fused-ring (bicyclic) bond motifs is 1. The van der Waals surface area contributed by atoms with Gasteiger partial charge in [0.25, 0.3) is 5.91 Å². The maximum absolute atomic E-state index is 12.9. The molecule has 1 amide bonds. The van der Waals surface area contributed by atoms with Crippen LogP contribution in [0.1, 0.15) is 6.42 Å². The summed E-state index contributed by atoms with van der Waals surface area (Å²) in [5.74, 6) is -0.892. The van der Waals surface area contributed by atoms with Gasteiger partial charge in [-0.15, -0.1) is 12.4 Å². The molecule has 0 bridgehead atoms. The summed E-state index contributed by atoms with van der Waals surface area (Å²) in [7, 11) is -3.58. The van der Waals surface area contributed by atoms with E-state index in [9.17, 15) is 13.2 Å². The fourth-order valence-electron chi connectivity index (χ4n) is 2.72. The van der Waals surface area contributed by atoms with E-state index in [4.69, 9.17) is 0 Å². The van der Waals surface area contributed by atoms with Crippen molar-refractivity contribution >= 4 is 34.6 Å². The van der Waals surface area contributed by atoms with Crippen molar-refractivity contribution in [2.75, 3.05) is 26.2 Å². The quantitative estimate of drug-likeness (QED) is 0.798. The molecule has 0 spiro atoms. The Bertz CT molecular complexity index is 671. The van der Waals surface area contributed by atoms with Crippen molar-refractivity contribution in [3.8, 4) is 0 Å². The average Bonchev–Trinajstić information content (AvgIpc) is 2.77. The van der Waals surface area contributed by atoms with E-state index in [2.05, 4.69) is 10.3 Å². The van der Waals surface area contributed by atoms with Crippen molar-refractivity contribution in [3.05, 3.63) is 34.8 Å². The molecule has 120 valence electrons. The number of amides is 1. The molecule has 1 fully saturated rings. The van der Waals surface area contributed by atoms with E-state index in [1.807, 2.05) is 0 Å². The van der Waals surface area contributed by atoms with E-state index in [1.165, 1.54) is 10.5 Å². The van der Waals surface area contributed by atoms with E-state index in [0.29, 0.717) is 25.2 Å². The Labute approximate surface area is 136 Å². The average molecular weight is 344 g/mol. The molecule has 0 aromatic heterocycles. The zero-order chi connectivity index (χ0) is 14.9. The second-order valence-electron chi connectivity index (χ2n) is 5.14. The molecule has 1 N–H and O–H groups in total. The summed E-state index contributed by atoms with van der Waals surface area (Å²) < 4.78 is 27.2. The number of halogens is 1. The van der Waals surface area contributed by atoms with Gasteiger partial charge in [-0.25, -0.2) is 13.4 Å². The first kappa shape index (κ1) is 17.1. The number of hydrogen-bond donors (Lipinski definition) is 1. The lowest BCUT2D eigenvalue weighted by Crippen LogP contribution is -2.37. The van der Waals surface area contributed by atoms with Gasteiger partial charge in [0.2, 0.25) is 10.0 Å². The molecule has 1 saturated heterocycles. The SMILES string of the molecule is Cl.O=C1N=CC=C2C(S(=O)(=O)N3CCCNCC3)=CC=CC12. The summed E-state index contributed by atoms with van der Waals surface area (Å²) in [5, 5.41) is 3.19. The highest BCUT2D eigenvalue weighted by Crippen LogP contribution is 2.33. The van der Waals surface area contributed by atoms with Crippen LogP contribution in [0.25, 0.3) is 0 Å². The highest BCUT2D eigenvalue weighted by Gasteiger charge is 2.35. The fraction of sp³-hybridized carbons (Fsp3) is 0.429. The Morgan fingerprint density at radius 3 is 2.86 bits per heavy atom. The second kappa shape index (κ2) is 6.87. The standard InChI is InChI=1S/C14H17N3O3S.ClH/c18-14-12-3-1-4-13(11(12)5-7-16-14)21(19,20)17-9-2-6-15-8-10-17;/h1,3-5,7,12,15H,2,6,8-10H2;1H. The Kier molecular flexibility index (Phi) is 5.33. The van der Waals surface area contributed by atoms with Gasteiger partial charge in [0.1, 0.15) is 0 Å². The first-order valence-corrected chi connectivity index (χ1v) is 8.42. The van der Waals surface area contributed by atoms with Gasteiger partial charge in [0.05, 0.1) is 10.8 Å². The molecule has 1 atom stereocenters. The summed E-state index contributed by atoms with van der Waals surface area (Å²) in [6, 6.07) is 0. The minimum Gasteiger partial charge on any atom is -0.315 e. The highest BCUT2D eigenvalue weighted by atomic mass is 35.5. The summed E-state index contributed by atoms with van der Waals surface area (Å²) in [6.45, 7) is 2.41. The molecule has 0 saturated carbocycles. The lowest BCUT2D eigenvalue weighted by Gasteiger charge is -2.27. The Morgan fingerprint density at radius 1 is 1.23 bits per heavy atom. The van der Waals surface area contributed by atoms with Crippen molar-refractivity contribution in [1.82, 2.24) is 9.62 Å². The van der Waals surface area contributed by atoms with Crippen molar-refractivity contribution in [2.45, 2.75) is 6.42 Å². The van der Waals surface area contributed by atoms with Gasteiger partial charge in [-0.3, -0.25) is 4.79 Å². The van der Waals surface area contributed by atoms with Gasteiger partial charge in [-0.1, -0.05) is 12.2 Å². The molecule has 0 aromatic rings. The zero-order valence-corrected chi connectivity index (χ0v) is 13.6. The van der Waals surface area contributed by atoms with Crippen LogP contribution < -0.4 is 5.32 Å². The van der Waals surface area contributed by atoms with Gasteiger partial charge in [0, 0.05) is 25.8 Å². The third kappa shape index (κ3) is 3.08. The molecular formula is C14H18ClN3O3S. The van der Waals surface area contributed by atoms with E-state index < -0.39 is 15.9 Å². The van der Waals surface area contributed by atoms with Crippen LogP contribution >= 0.6 is 12.4 Å². The summed E-state index contributed by atoms with van der Waals surface area (Å²) in [5.41, 5.74) is 0.523. The maximum Gasteiger partial charge on any atom is 0.257 e. The van der Waals surface area contributed by atoms with E-state index >= 15 is 0 Å². The van der Waals surface area contributed by atoms with Crippen molar-refractivity contribution < 1.29 is 13.2 Å². The van der Waals surface area contributed by atoms with Crippen LogP contribution in [0, 0.1) is 5.92 Å². The largest absolute Gasteiger partial charge is 0.315 e. The molecule has 8 heteroatoms. The fourth-order valence-corrected chi connectivity index (χ4v) is 4.44. The predicted molar refractivity (Wildman–Crippen MR) is 87.5 cm³/mol. The highest BCUT2D eigenvalue weighted by molar-refractivity contribution is 7.93. The third-order valence-electron chi connectivity index (χ3n) is 3.81. The molecule has 1 aliphatic carbocycles. The molecule has 3 aliphatic rings. The third-order valence-corrected chi connectivity index (χ3v) is 5.78. The molecule has 2 aliphatic heterocycles. The Balaban J connectivity index is 0.00000176. The number of hydrogen-bond acceptors (Lipinski definition) is 4. The monoisotopic (exact) mass is 343 g/mol. The van der Waals surface area contributed by atoms with Crippen LogP contribution in [0.4, 0.5) is 0 Å². The Morgan fingerprint density at radius 2 is 2.05 bits per heavy atom. The lowest BCUT2D eigenvalue weighted by molar-refractivity contribution is -0.119. The van der Waals surface area contributed by atoms with Gasteiger partial charge >= 0.3 is 0 Å². The predicted octanol–water partition coefficient (Wildman–Crippen LogP) is 0.641. The summed E-state index contributed by atoms with van der Waals surface area (Å²) in [4.78, 5) is 15.7. The van der Waals surface area contributed by atoms with Crippen molar-refractivity contribution in [3.63, 3.8) is 0 Å². The number of nitrogens with zero attached hydrogens (tertiary/aromatic N) is 2. The topological polar surface area (TPSA) is 78.8 Å². The number of rotatable bonds is 2. The number of aliphatic imine (C=N–C) groups is 1. The molecular weight excluding hydrogens is 326 g/mol. The number of nitrogens with one attached hydrogen (secondary N) is 1. The van der Waals surface area contributed by atoms with Gasteiger partial charge < -0.3 is 5.32 Å². The Hall–Kier alpha value is -1.28. The second-order valence-corrected chi connectivity index (χ2v) is 7.05. The van der Waals surface area contributed by atoms with Crippen LogP contribution in [-0.4, -0.2) is 51.0 Å². The molecule has 6 nitrogen and oxygen atoms in total. The molecule has 22 heavy (non-hydrogen) atoms. The minimum atomic E-state index is -3.58. The number of sulfonamides is 1. The number of dihydropyridines is 1. The van der Waals surface area contributed by atoms with Gasteiger partial charge in [0.15, 0.2) is 0 Å². The first-order valence-electron chi connectivity index (χ1n) is 6.98. The summed E-state index contributed by atoms with van der Waals surface area (Å²) >= 11 is 0.